The third-order valence-corrected chi connectivity index (χ3v) is 2.07. The molecule has 5 heteroatoms. The van der Waals surface area contributed by atoms with Crippen LogP contribution in [0.15, 0.2) is 0 Å². The molecule has 1 N–H and O–H groups in total. The van der Waals surface area contributed by atoms with E-state index in [-0.39, 0.29) is 11.8 Å². The first-order valence-electron chi connectivity index (χ1n) is 4.82. The highest BCUT2D eigenvalue weighted by molar-refractivity contribution is 9.09. The monoisotopic (exact) mass is 279 g/mol. The third-order valence-electron chi connectivity index (χ3n) is 1.45. The van der Waals surface area contributed by atoms with Crippen LogP contribution in [0.4, 0.5) is 4.79 Å². The highest BCUT2D eigenvalue weighted by Crippen LogP contribution is 2.07. The Kier molecular flexibility index (Phi) is 5.87. The van der Waals surface area contributed by atoms with Crippen molar-refractivity contribution in [2.45, 2.75) is 45.8 Å². The van der Waals surface area contributed by atoms with Crippen molar-refractivity contribution in [1.29, 1.82) is 0 Å². The van der Waals surface area contributed by atoms with Crippen LogP contribution in [0.3, 0.4) is 0 Å². The van der Waals surface area contributed by atoms with Gasteiger partial charge in [-0.25, -0.2) is 4.79 Å². The van der Waals surface area contributed by atoms with Gasteiger partial charge in [0, 0.05) is 12.5 Å². The minimum Gasteiger partial charge on any atom is -0.444 e. The van der Waals surface area contributed by atoms with Gasteiger partial charge in [-0.2, -0.15) is 0 Å². The van der Waals surface area contributed by atoms with Crippen LogP contribution in [-0.4, -0.2) is 28.8 Å². The van der Waals surface area contributed by atoms with Crippen LogP contribution in [0.2, 0.25) is 0 Å². The van der Waals surface area contributed by atoms with E-state index in [1.165, 1.54) is 0 Å². The molecule has 15 heavy (non-hydrogen) atoms. The van der Waals surface area contributed by atoms with E-state index in [2.05, 4.69) is 21.2 Å². The lowest BCUT2D eigenvalue weighted by atomic mass is 10.2. The van der Waals surface area contributed by atoms with Crippen LogP contribution in [0, 0.1) is 0 Å². The van der Waals surface area contributed by atoms with Gasteiger partial charge in [-0.15, -0.1) is 0 Å². The number of ketones is 1. The smallest absolute Gasteiger partial charge is 0.407 e. The molecule has 0 spiro atoms. The van der Waals surface area contributed by atoms with E-state index in [1.54, 1.807) is 27.7 Å². The second-order valence-corrected chi connectivity index (χ2v) is 4.98. The van der Waals surface area contributed by atoms with Gasteiger partial charge < -0.3 is 10.1 Å². The second kappa shape index (κ2) is 6.10. The Hall–Kier alpha value is -0.580. The maximum atomic E-state index is 11.3. The molecule has 0 bridgehead atoms. The van der Waals surface area contributed by atoms with E-state index in [9.17, 15) is 9.59 Å². The number of alkyl halides is 1. The van der Waals surface area contributed by atoms with E-state index < -0.39 is 11.7 Å². The fourth-order valence-corrected chi connectivity index (χ4v) is 1.18. The van der Waals surface area contributed by atoms with E-state index >= 15 is 0 Å². The molecule has 0 rings (SSSR count). The van der Waals surface area contributed by atoms with Crippen LogP contribution < -0.4 is 5.32 Å². The number of ether oxygens (including phenoxy) is 1. The zero-order chi connectivity index (χ0) is 12.1. The number of alkyl carbamates (subject to hydrolysis) is 1. The molecule has 0 aromatic rings. The third kappa shape index (κ3) is 8.42. The van der Waals surface area contributed by atoms with E-state index in [0.717, 1.165) is 0 Å². The Morgan fingerprint density at radius 2 is 1.93 bits per heavy atom. The predicted octanol–water partition coefficient (Wildman–Crippen LogP) is 2.25. The molecular weight excluding hydrogens is 262 g/mol. The van der Waals surface area contributed by atoms with Gasteiger partial charge in [-0.05, 0) is 27.7 Å². The van der Waals surface area contributed by atoms with Gasteiger partial charge in [-0.3, -0.25) is 4.79 Å². The average Bonchev–Trinajstić information content (AvgIpc) is 1.99. The van der Waals surface area contributed by atoms with Crippen molar-refractivity contribution in [2.75, 3.05) is 5.33 Å². The van der Waals surface area contributed by atoms with Gasteiger partial charge in [0.1, 0.15) is 11.4 Å². The number of hydrogen-bond acceptors (Lipinski definition) is 3. The quantitative estimate of drug-likeness (QED) is 0.803. The normalized spacial score (nSPS) is 13.1. The van der Waals surface area contributed by atoms with E-state index in [0.29, 0.717) is 11.8 Å². The molecule has 0 fully saturated rings. The van der Waals surface area contributed by atoms with E-state index in [4.69, 9.17) is 4.74 Å². The molecule has 0 aliphatic rings. The number of Topliss-reactive ketones (excluding diaryl/α,β-unsaturated/α-hetero) is 1. The molecule has 1 atom stereocenters. The van der Waals surface area contributed by atoms with Crippen LogP contribution in [0.5, 0.6) is 0 Å². The Morgan fingerprint density at radius 3 is 2.33 bits per heavy atom. The van der Waals surface area contributed by atoms with Crippen molar-refractivity contribution in [1.82, 2.24) is 5.32 Å². The number of amides is 1. The minimum absolute atomic E-state index is 0.0542. The van der Waals surface area contributed by atoms with Crippen LogP contribution in [0.1, 0.15) is 34.1 Å². The predicted molar refractivity (Wildman–Crippen MR) is 62.2 cm³/mol. The molecule has 0 aliphatic carbocycles. The fourth-order valence-electron chi connectivity index (χ4n) is 0.956. The van der Waals surface area contributed by atoms with Crippen LogP contribution in [-0.2, 0) is 9.53 Å². The molecular formula is C10H18BrNO3. The van der Waals surface area contributed by atoms with Crippen molar-refractivity contribution in [3.63, 3.8) is 0 Å². The highest BCUT2D eigenvalue weighted by Gasteiger charge is 2.18. The molecule has 0 unspecified atom stereocenters. The second-order valence-electron chi connectivity index (χ2n) is 4.42. The molecule has 88 valence electrons. The minimum atomic E-state index is -0.511. The molecule has 1 amide bonds. The topological polar surface area (TPSA) is 55.4 Å². The van der Waals surface area contributed by atoms with Crippen molar-refractivity contribution in [3.8, 4) is 0 Å². The number of nitrogens with one attached hydrogen (secondary N) is 1. The number of hydrogen-bond donors (Lipinski definition) is 1. The van der Waals surface area contributed by atoms with Crippen molar-refractivity contribution in [3.05, 3.63) is 0 Å². The number of rotatable bonds is 4. The molecule has 4 nitrogen and oxygen atoms in total. The summed E-state index contributed by atoms with van der Waals surface area (Å²) in [5, 5.41) is 2.91. The standard InChI is InChI=1S/C10H18BrNO3/c1-7(5-8(13)6-11)12-9(14)15-10(2,3)4/h7H,5-6H2,1-4H3,(H,12,14)/t7-/m0/s1. The maximum absolute atomic E-state index is 11.3. The van der Waals surface area contributed by atoms with Gasteiger partial charge in [-0.1, -0.05) is 15.9 Å². The van der Waals surface area contributed by atoms with Crippen molar-refractivity contribution < 1.29 is 14.3 Å². The zero-order valence-electron chi connectivity index (χ0n) is 9.59. The molecule has 0 saturated carbocycles. The Morgan fingerprint density at radius 1 is 1.40 bits per heavy atom. The van der Waals surface area contributed by atoms with Gasteiger partial charge in [0.15, 0.2) is 0 Å². The first-order valence-corrected chi connectivity index (χ1v) is 5.94. The Balaban J connectivity index is 3.92. The van der Waals surface area contributed by atoms with Crippen LogP contribution in [0.25, 0.3) is 0 Å². The summed E-state index contributed by atoms with van der Waals surface area (Å²) in [7, 11) is 0. The Labute approximate surface area is 98.9 Å². The SMILES string of the molecule is C[C@@H](CC(=O)CBr)NC(=O)OC(C)(C)C. The summed E-state index contributed by atoms with van der Waals surface area (Å²) in [4.78, 5) is 22.3. The van der Waals surface area contributed by atoms with Crippen molar-refractivity contribution in [2.24, 2.45) is 0 Å². The lowest BCUT2D eigenvalue weighted by Crippen LogP contribution is -2.38. The molecule has 0 heterocycles. The lowest BCUT2D eigenvalue weighted by Gasteiger charge is -2.21. The Bertz CT molecular complexity index is 235. The molecule has 0 radical (unpaired) electrons. The van der Waals surface area contributed by atoms with Crippen LogP contribution >= 0.6 is 15.9 Å². The zero-order valence-corrected chi connectivity index (χ0v) is 11.2. The highest BCUT2D eigenvalue weighted by atomic mass is 79.9. The summed E-state index contributed by atoms with van der Waals surface area (Å²) < 4.78 is 5.05. The lowest BCUT2D eigenvalue weighted by molar-refractivity contribution is -0.116. The summed E-state index contributed by atoms with van der Waals surface area (Å²) in [6.07, 6.45) is -0.179. The molecule has 0 aromatic carbocycles. The first-order chi connectivity index (χ1) is 6.74. The largest absolute Gasteiger partial charge is 0.444 e. The number of carbonyl (C=O) groups is 2. The average molecular weight is 280 g/mol. The van der Waals surface area contributed by atoms with Gasteiger partial charge in [0.05, 0.1) is 5.33 Å². The molecule has 0 aromatic heterocycles. The van der Waals surface area contributed by atoms with Gasteiger partial charge >= 0.3 is 6.09 Å². The summed E-state index contributed by atoms with van der Waals surface area (Å²) >= 11 is 3.06. The van der Waals surface area contributed by atoms with Gasteiger partial charge in [0.2, 0.25) is 0 Å². The molecule has 0 aliphatic heterocycles. The first kappa shape index (κ1) is 14.4. The summed E-state index contributed by atoms with van der Waals surface area (Å²) in [5.41, 5.74) is -0.511. The number of carbonyl (C=O) groups excluding carboxylic acids is 2. The van der Waals surface area contributed by atoms with E-state index in [1.807, 2.05) is 0 Å². The summed E-state index contributed by atoms with van der Waals surface area (Å²) in [6, 6.07) is -0.204. The number of halogens is 1. The summed E-state index contributed by atoms with van der Waals surface area (Å²) in [6.45, 7) is 7.15. The summed E-state index contributed by atoms with van der Waals surface area (Å²) in [5.74, 6) is 0.0542. The van der Waals surface area contributed by atoms with Gasteiger partial charge in [0.25, 0.3) is 0 Å². The molecule has 0 saturated heterocycles. The van der Waals surface area contributed by atoms with Crippen molar-refractivity contribution >= 4 is 27.8 Å². The fraction of sp³-hybridized carbons (Fsp3) is 0.800. The maximum Gasteiger partial charge on any atom is 0.407 e.